The molecule has 1 aromatic carbocycles. The first kappa shape index (κ1) is 14.8. The molecule has 0 spiro atoms. The normalized spacial score (nSPS) is 16.6. The van der Waals surface area contributed by atoms with Crippen LogP contribution in [0.3, 0.4) is 0 Å². The summed E-state index contributed by atoms with van der Waals surface area (Å²) < 4.78 is 1.67. The Morgan fingerprint density at radius 2 is 2.00 bits per heavy atom. The number of benzene rings is 1. The minimum absolute atomic E-state index is 0.244. The average molecular weight is 299 g/mol. The van der Waals surface area contributed by atoms with E-state index in [9.17, 15) is 9.90 Å². The lowest BCUT2D eigenvalue weighted by molar-refractivity contribution is 0.0836. The van der Waals surface area contributed by atoms with Gasteiger partial charge in [0, 0.05) is 12.7 Å². The van der Waals surface area contributed by atoms with Gasteiger partial charge in [-0.3, -0.25) is 4.79 Å². The third-order valence-corrected chi connectivity index (χ3v) is 4.26. The van der Waals surface area contributed by atoms with Crippen molar-refractivity contribution in [2.24, 2.45) is 5.92 Å². The van der Waals surface area contributed by atoms with E-state index in [0.717, 1.165) is 18.5 Å². The smallest absolute Gasteiger partial charge is 0.271 e. The topological polar surface area (TPSA) is 67.2 Å². The Hall–Kier alpha value is -2.14. The van der Waals surface area contributed by atoms with Crippen molar-refractivity contribution in [3.05, 3.63) is 48.3 Å². The van der Waals surface area contributed by atoms with Crippen molar-refractivity contribution in [2.75, 3.05) is 6.54 Å². The molecule has 0 radical (unpaired) electrons. The molecule has 5 nitrogen and oxygen atoms in total. The van der Waals surface area contributed by atoms with Crippen LogP contribution in [0.5, 0.6) is 0 Å². The Kier molecular flexibility index (Phi) is 4.53. The van der Waals surface area contributed by atoms with E-state index in [4.69, 9.17) is 0 Å². The zero-order valence-corrected chi connectivity index (χ0v) is 12.5. The third-order valence-electron chi connectivity index (χ3n) is 4.26. The number of hydrogen-bond acceptors (Lipinski definition) is 3. The lowest BCUT2D eigenvalue weighted by Gasteiger charge is -2.17. The average Bonchev–Trinajstić information content (AvgIpc) is 3.24. The van der Waals surface area contributed by atoms with Crippen molar-refractivity contribution in [3.8, 4) is 5.69 Å². The molecule has 1 fully saturated rings. The van der Waals surface area contributed by atoms with E-state index < -0.39 is 6.10 Å². The van der Waals surface area contributed by atoms with Gasteiger partial charge in [0.05, 0.1) is 11.8 Å². The molecule has 0 saturated heterocycles. The molecular formula is C17H21N3O2. The number of aliphatic hydroxyl groups excluding tert-OH is 1. The molecule has 1 aliphatic rings. The van der Waals surface area contributed by atoms with Gasteiger partial charge in [0.2, 0.25) is 0 Å². The van der Waals surface area contributed by atoms with Gasteiger partial charge in [-0.25, -0.2) is 4.68 Å². The molecule has 1 heterocycles. The van der Waals surface area contributed by atoms with Gasteiger partial charge in [0.1, 0.15) is 0 Å². The van der Waals surface area contributed by atoms with Crippen molar-refractivity contribution in [1.82, 2.24) is 15.1 Å². The van der Waals surface area contributed by atoms with Crippen LogP contribution in [0, 0.1) is 5.92 Å². The van der Waals surface area contributed by atoms with Crippen LogP contribution < -0.4 is 5.32 Å². The number of nitrogens with one attached hydrogen (secondary N) is 1. The van der Waals surface area contributed by atoms with Gasteiger partial charge >= 0.3 is 0 Å². The van der Waals surface area contributed by atoms with Crippen LogP contribution in [0.2, 0.25) is 0 Å². The molecule has 2 N–H and O–H groups in total. The summed E-state index contributed by atoms with van der Waals surface area (Å²) in [6, 6.07) is 11.3. The predicted molar refractivity (Wildman–Crippen MR) is 83.9 cm³/mol. The van der Waals surface area contributed by atoms with Crippen LogP contribution in [0.15, 0.2) is 42.6 Å². The van der Waals surface area contributed by atoms with E-state index in [1.54, 1.807) is 16.9 Å². The first-order valence-corrected chi connectivity index (χ1v) is 7.81. The third kappa shape index (κ3) is 3.36. The fourth-order valence-corrected chi connectivity index (χ4v) is 2.97. The Balaban J connectivity index is 1.57. The summed E-state index contributed by atoms with van der Waals surface area (Å²) in [7, 11) is 0. The number of carbonyl (C=O) groups excluding carboxylic acids is 1. The van der Waals surface area contributed by atoms with Gasteiger partial charge in [-0.05, 0) is 37.0 Å². The molecule has 1 saturated carbocycles. The SMILES string of the molecule is O=C(NCC(O)C1CCCC1)c1ccn(-c2ccccc2)n1. The number of amides is 1. The largest absolute Gasteiger partial charge is 0.391 e. The van der Waals surface area contributed by atoms with Crippen LogP contribution in [0.4, 0.5) is 0 Å². The van der Waals surface area contributed by atoms with Crippen molar-refractivity contribution in [2.45, 2.75) is 31.8 Å². The Morgan fingerprint density at radius 1 is 1.27 bits per heavy atom. The first-order chi connectivity index (χ1) is 10.7. The highest BCUT2D eigenvalue weighted by Crippen LogP contribution is 2.27. The number of aliphatic hydroxyl groups is 1. The molecular weight excluding hydrogens is 278 g/mol. The first-order valence-electron chi connectivity index (χ1n) is 7.81. The Labute approximate surface area is 130 Å². The molecule has 5 heteroatoms. The zero-order chi connectivity index (χ0) is 15.4. The minimum Gasteiger partial charge on any atom is -0.391 e. The summed E-state index contributed by atoms with van der Waals surface area (Å²) in [6.45, 7) is 0.293. The predicted octanol–water partition coefficient (Wildman–Crippen LogP) is 2.15. The van der Waals surface area contributed by atoms with Crippen LogP contribution in [-0.2, 0) is 0 Å². The van der Waals surface area contributed by atoms with E-state index >= 15 is 0 Å². The molecule has 1 aliphatic carbocycles. The number of aromatic nitrogens is 2. The summed E-state index contributed by atoms with van der Waals surface area (Å²) in [4.78, 5) is 12.1. The molecule has 0 bridgehead atoms. The van der Waals surface area contributed by atoms with Crippen LogP contribution in [0.1, 0.15) is 36.2 Å². The van der Waals surface area contributed by atoms with Crippen molar-refractivity contribution < 1.29 is 9.90 Å². The van der Waals surface area contributed by atoms with E-state index in [-0.39, 0.29) is 5.91 Å². The number of carbonyl (C=O) groups is 1. The molecule has 1 aromatic heterocycles. The summed E-state index contributed by atoms with van der Waals surface area (Å²) in [5.74, 6) is 0.0777. The molecule has 1 unspecified atom stereocenters. The maximum Gasteiger partial charge on any atom is 0.271 e. The number of rotatable bonds is 5. The summed E-state index contributed by atoms with van der Waals surface area (Å²) >= 11 is 0. The maximum atomic E-state index is 12.1. The molecule has 1 atom stereocenters. The molecule has 2 aromatic rings. The fraction of sp³-hybridized carbons (Fsp3) is 0.412. The van der Waals surface area contributed by atoms with Crippen LogP contribution in [-0.4, -0.2) is 33.4 Å². The second-order valence-corrected chi connectivity index (χ2v) is 5.80. The van der Waals surface area contributed by atoms with E-state index in [0.29, 0.717) is 18.2 Å². The number of nitrogens with zero attached hydrogens (tertiary/aromatic N) is 2. The lowest BCUT2D eigenvalue weighted by Crippen LogP contribution is -2.35. The van der Waals surface area contributed by atoms with Crippen LogP contribution >= 0.6 is 0 Å². The van der Waals surface area contributed by atoms with E-state index in [2.05, 4.69) is 10.4 Å². The van der Waals surface area contributed by atoms with Crippen molar-refractivity contribution >= 4 is 5.91 Å². The van der Waals surface area contributed by atoms with Crippen molar-refractivity contribution in [1.29, 1.82) is 0 Å². The highest BCUT2D eigenvalue weighted by molar-refractivity contribution is 5.92. The second-order valence-electron chi connectivity index (χ2n) is 5.80. The fourth-order valence-electron chi connectivity index (χ4n) is 2.97. The number of para-hydroxylation sites is 1. The standard InChI is InChI=1S/C17H21N3O2/c21-16(13-6-4-5-7-13)12-18-17(22)15-10-11-20(19-15)14-8-2-1-3-9-14/h1-3,8-11,13,16,21H,4-7,12H2,(H,18,22). The molecule has 3 rings (SSSR count). The van der Waals surface area contributed by atoms with Gasteiger partial charge in [0.25, 0.3) is 5.91 Å². The van der Waals surface area contributed by atoms with E-state index in [1.807, 2.05) is 30.3 Å². The van der Waals surface area contributed by atoms with Crippen molar-refractivity contribution in [3.63, 3.8) is 0 Å². The van der Waals surface area contributed by atoms with Gasteiger partial charge < -0.3 is 10.4 Å². The number of hydrogen-bond donors (Lipinski definition) is 2. The highest BCUT2D eigenvalue weighted by Gasteiger charge is 2.23. The van der Waals surface area contributed by atoms with Gasteiger partial charge in [-0.1, -0.05) is 31.0 Å². The van der Waals surface area contributed by atoms with Gasteiger partial charge in [-0.15, -0.1) is 0 Å². The minimum atomic E-state index is -0.456. The summed E-state index contributed by atoms with van der Waals surface area (Å²) in [5.41, 5.74) is 1.27. The van der Waals surface area contributed by atoms with Crippen LogP contribution in [0.25, 0.3) is 5.69 Å². The molecule has 0 aliphatic heterocycles. The monoisotopic (exact) mass is 299 g/mol. The molecule has 22 heavy (non-hydrogen) atoms. The van der Waals surface area contributed by atoms with E-state index in [1.165, 1.54) is 12.8 Å². The van der Waals surface area contributed by atoms with Gasteiger partial charge in [-0.2, -0.15) is 5.10 Å². The van der Waals surface area contributed by atoms with Gasteiger partial charge in [0.15, 0.2) is 5.69 Å². The Morgan fingerprint density at radius 3 is 2.73 bits per heavy atom. The zero-order valence-electron chi connectivity index (χ0n) is 12.5. The lowest BCUT2D eigenvalue weighted by atomic mass is 10.0. The molecule has 1 amide bonds. The quantitative estimate of drug-likeness (QED) is 0.889. The highest BCUT2D eigenvalue weighted by atomic mass is 16.3. The summed E-state index contributed by atoms with van der Waals surface area (Å²) in [6.07, 6.45) is 5.77. The summed E-state index contributed by atoms with van der Waals surface area (Å²) in [5, 5.41) is 17.1. The second kappa shape index (κ2) is 6.75. The molecule has 116 valence electrons. The Bertz CT molecular complexity index is 618. The maximum absolute atomic E-state index is 12.1.